The van der Waals surface area contributed by atoms with Crippen molar-refractivity contribution in [3.63, 3.8) is 0 Å². The zero-order chi connectivity index (χ0) is 3.58. The van der Waals surface area contributed by atoms with Crippen LogP contribution >= 0.6 is 8.25 Å². The molecule has 0 unspecified atom stereocenters. The summed E-state index contributed by atoms with van der Waals surface area (Å²) >= 11 is 0. The van der Waals surface area contributed by atoms with Gasteiger partial charge in [-0.3, -0.25) is 0 Å². The second kappa shape index (κ2) is 9.39. The minimum absolute atomic E-state index is 0. The fraction of sp³-hybridized carbons (Fsp3) is 1.00. The minimum atomic E-state index is -2.87. The second-order valence-corrected chi connectivity index (χ2v) is 0.758. The van der Waals surface area contributed by atoms with Crippen molar-refractivity contribution in [3.8, 4) is 0 Å². The summed E-state index contributed by atoms with van der Waals surface area (Å²) in [4.78, 5) is 14.2. The molecule has 0 amide bonds. The van der Waals surface area contributed by atoms with Crippen molar-refractivity contribution in [1.29, 1.82) is 0 Å². The SMILES string of the molecule is C.O=[P+](O)O.[Na]. The van der Waals surface area contributed by atoms with E-state index in [0.717, 1.165) is 0 Å². The Bertz CT molecular complexity index is 33.8. The first-order valence-electron chi connectivity index (χ1n) is 0.583. The molecule has 3 nitrogen and oxygen atoms in total. The molecular formula is CH6NaO3P+. The standard InChI is InChI=1S/CH4.Na.HO3P/c;;1-4(2)3/h1H4;;(H-,1,2,3)/p+1. The van der Waals surface area contributed by atoms with Crippen LogP contribution in [0.5, 0.6) is 0 Å². The van der Waals surface area contributed by atoms with Crippen molar-refractivity contribution < 1.29 is 14.4 Å². The molecule has 0 rings (SSSR count). The van der Waals surface area contributed by atoms with Crippen molar-refractivity contribution in [3.05, 3.63) is 0 Å². The van der Waals surface area contributed by atoms with Gasteiger partial charge in [-0.15, -0.1) is 9.79 Å². The van der Waals surface area contributed by atoms with Crippen LogP contribution in [0.15, 0.2) is 0 Å². The van der Waals surface area contributed by atoms with Gasteiger partial charge in [0, 0.05) is 34.1 Å². The van der Waals surface area contributed by atoms with Gasteiger partial charge in [-0.1, -0.05) is 7.43 Å². The summed E-state index contributed by atoms with van der Waals surface area (Å²) in [5, 5.41) is 0. The molecule has 6 heavy (non-hydrogen) atoms. The molecule has 0 aliphatic rings. The van der Waals surface area contributed by atoms with Crippen molar-refractivity contribution in [2.24, 2.45) is 0 Å². The molecule has 33 valence electrons. The van der Waals surface area contributed by atoms with E-state index in [1.54, 1.807) is 0 Å². The molecule has 5 heteroatoms. The quantitative estimate of drug-likeness (QED) is 0.346. The zero-order valence-electron chi connectivity index (χ0n) is 2.75. The topological polar surface area (TPSA) is 57.5 Å². The molecule has 0 saturated heterocycles. The average Bonchev–Trinajstić information content (AvgIpc) is 0.811. The number of rotatable bonds is 0. The molecule has 1 radical (unpaired) electrons. The van der Waals surface area contributed by atoms with Crippen LogP contribution in [0.3, 0.4) is 0 Å². The van der Waals surface area contributed by atoms with Crippen LogP contribution in [0.25, 0.3) is 0 Å². The van der Waals surface area contributed by atoms with Gasteiger partial charge in [-0.25, -0.2) is 0 Å². The van der Waals surface area contributed by atoms with E-state index in [-0.39, 0.29) is 37.0 Å². The fourth-order valence-corrected chi connectivity index (χ4v) is 0. The number of hydrogen-bond acceptors (Lipinski definition) is 1. The molecule has 0 aromatic carbocycles. The predicted octanol–water partition coefficient (Wildman–Crippen LogP) is -0.116. The Labute approximate surface area is 59.6 Å². The molecule has 0 saturated carbocycles. The van der Waals surface area contributed by atoms with E-state index < -0.39 is 8.25 Å². The van der Waals surface area contributed by atoms with Crippen molar-refractivity contribution in [2.45, 2.75) is 7.43 Å². The molecule has 0 atom stereocenters. The van der Waals surface area contributed by atoms with Gasteiger partial charge < -0.3 is 0 Å². The van der Waals surface area contributed by atoms with E-state index in [0.29, 0.717) is 0 Å². The average molecular weight is 120 g/mol. The minimum Gasteiger partial charge on any atom is -0.134 e. The Morgan fingerprint density at radius 3 is 1.33 bits per heavy atom. The smallest absolute Gasteiger partial charge is 0.134 e. The third kappa shape index (κ3) is 78.0. The third-order valence-corrected chi connectivity index (χ3v) is 0. The Morgan fingerprint density at radius 2 is 1.33 bits per heavy atom. The summed E-state index contributed by atoms with van der Waals surface area (Å²) in [7, 11) is -2.87. The van der Waals surface area contributed by atoms with E-state index in [4.69, 9.17) is 14.4 Å². The van der Waals surface area contributed by atoms with Crippen LogP contribution in [0.1, 0.15) is 7.43 Å². The van der Waals surface area contributed by atoms with E-state index >= 15 is 0 Å². The normalized spacial score (nSPS) is 4.33. The summed E-state index contributed by atoms with van der Waals surface area (Å²) in [6, 6.07) is 0. The Morgan fingerprint density at radius 1 is 1.33 bits per heavy atom. The Balaban J connectivity index is -0.0000000450. The van der Waals surface area contributed by atoms with Crippen LogP contribution < -0.4 is 0 Å². The molecule has 0 aliphatic heterocycles. The molecule has 0 fully saturated rings. The van der Waals surface area contributed by atoms with Crippen molar-refractivity contribution in [2.75, 3.05) is 0 Å². The van der Waals surface area contributed by atoms with Crippen LogP contribution in [-0.4, -0.2) is 39.3 Å². The van der Waals surface area contributed by atoms with E-state index in [9.17, 15) is 0 Å². The molecule has 0 aliphatic carbocycles. The zero-order valence-corrected chi connectivity index (χ0v) is 5.64. The molecule has 0 bridgehead atoms. The summed E-state index contributed by atoms with van der Waals surface area (Å²) in [5.41, 5.74) is 0. The van der Waals surface area contributed by atoms with Crippen LogP contribution in [0, 0.1) is 0 Å². The van der Waals surface area contributed by atoms with Crippen LogP contribution in [-0.2, 0) is 4.57 Å². The van der Waals surface area contributed by atoms with Gasteiger partial charge in [0.25, 0.3) is 0 Å². The summed E-state index contributed by atoms with van der Waals surface area (Å²) in [5.74, 6) is 0. The van der Waals surface area contributed by atoms with E-state index in [1.807, 2.05) is 0 Å². The molecule has 0 aromatic rings. The Hall–Kier alpha value is 1.02. The van der Waals surface area contributed by atoms with Gasteiger partial charge in [-0.05, 0) is 0 Å². The van der Waals surface area contributed by atoms with Crippen LogP contribution in [0.4, 0.5) is 0 Å². The molecule has 2 N–H and O–H groups in total. The maximum atomic E-state index is 8.70. The number of hydrogen-bond donors (Lipinski definition) is 2. The summed E-state index contributed by atoms with van der Waals surface area (Å²) in [6.07, 6.45) is 0. The molecule has 0 aromatic heterocycles. The largest absolute Gasteiger partial charge is 0.692 e. The van der Waals surface area contributed by atoms with Gasteiger partial charge >= 0.3 is 8.25 Å². The van der Waals surface area contributed by atoms with Gasteiger partial charge in [0.05, 0.1) is 0 Å². The van der Waals surface area contributed by atoms with Gasteiger partial charge in [0.2, 0.25) is 0 Å². The first-order valence-corrected chi connectivity index (χ1v) is 1.75. The second-order valence-electron chi connectivity index (χ2n) is 0.253. The van der Waals surface area contributed by atoms with E-state index in [2.05, 4.69) is 0 Å². The first kappa shape index (κ1) is 15.7. The first-order chi connectivity index (χ1) is 1.73. The van der Waals surface area contributed by atoms with Crippen molar-refractivity contribution >= 4 is 37.8 Å². The maximum absolute atomic E-state index is 8.70. The van der Waals surface area contributed by atoms with Crippen LogP contribution in [0.2, 0.25) is 0 Å². The monoisotopic (exact) mass is 120 g/mol. The van der Waals surface area contributed by atoms with Gasteiger partial charge in [0.15, 0.2) is 0 Å². The summed E-state index contributed by atoms with van der Waals surface area (Å²) < 4.78 is 8.70. The molecule has 0 heterocycles. The molecule has 0 spiro atoms. The summed E-state index contributed by atoms with van der Waals surface area (Å²) in [6.45, 7) is 0. The Kier molecular flexibility index (Phi) is 24.6. The fourth-order valence-electron chi connectivity index (χ4n) is 0. The van der Waals surface area contributed by atoms with E-state index in [1.165, 1.54) is 0 Å². The predicted molar refractivity (Wildman–Crippen MR) is 24.5 cm³/mol. The van der Waals surface area contributed by atoms with Gasteiger partial charge in [-0.2, -0.15) is 0 Å². The molecular weight excluding hydrogens is 114 g/mol. The van der Waals surface area contributed by atoms with Gasteiger partial charge in [0.1, 0.15) is 0 Å². The van der Waals surface area contributed by atoms with Crippen molar-refractivity contribution in [1.82, 2.24) is 0 Å². The maximum Gasteiger partial charge on any atom is 0.692 e. The third-order valence-electron chi connectivity index (χ3n) is 0.